The van der Waals surface area contributed by atoms with Gasteiger partial charge < -0.3 is 20.3 Å². The van der Waals surface area contributed by atoms with Crippen LogP contribution in [0.3, 0.4) is 0 Å². The summed E-state index contributed by atoms with van der Waals surface area (Å²) in [6.07, 6.45) is 2.26. The normalized spacial score (nSPS) is 17.1. The van der Waals surface area contributed by atoms with E-state index in [-0.39, 0.29) is 23.8 Å². The molecule has 0 saturated heterocycles. The Balaban J connectivity index is 1.31. The van der Waals surface area contributed by atoms with Crippen LogP contribution in [0.2, 0.25) is 0 Å². The number of fused-ring (bicyclic) bond motifs is 2. The van der Waals surface area contributed by atoms with Gasteiger partial charge in [0, 0.05) is 43.0 Å². The first-order valence-corrected chi connectivity index (χ1v) is 12.0. The van der Waals surface area contributed by atoms with Crippen LogP contribution in [0.1, 0.15) is 44.4 Å². The molecule has 3 aromatic rings. The summed E-state index contributed by atoms with van der Waals surface area (Å²) in [7, 11) is 0. The molecule has 2 atom stereocenters. The lowest BCUT2D eigenvalue weighted by atomic mass is 9.83. The average Bonchev–Trinajstić information content (AvgIpc) is 2.85. The molecule has 1 aliphatic heterocycles. The number of anilines is 1. The number of carbonyl (C=O) groups excluding carboxylic acids is 2. The van der Waals surface area contributed by atoms with Crippen molar-refractivity contribution in [3.8, 4) is 5.75 Å². The van der Waals surface area contributed by atoms with Crippen LogP contribution >= 0.6 is 0 Å². The van der Waals surface area contributed by atoms with Gasteiger partial charge in [-0.15, -0.1) is 0 Å². The summed E-state index contributed by atoms with van der Waals surface area (Å²) in [4.78, 5) is 31.7. The predicted molar refractivity (Wildman–Crippen MR) is 134 cm³/mol. The molecule has 2 unspecified atom stereocenters. The second-order valence-corrected chi connectivity index (χ2v) is 8.59. The molecule has 178 valence electrons. The van der Waals surface area contributed by atoms with Crippen LogP contribution in [0.25, 0.3) is 10.8 Å². The van der Waals surface area contributed by atoms with Gasteiger partial charge in [0.1, 0.15) is 5.75 Å². The zero-order valence-electron chi connectivity index (χ0n) is 20.0. The van der Waals surface area contributed by atoms with Gasteiger partial charge in [-0.25, -0.2) is 4.79 Å². The third kappa shape index (κ3) is 4.98. The van der Waals surface area contributed by atoms with E-state index in [0.29, 0.717) is 25.3 Å². The van der Waals surface area contributed by atoms with Gasteiger partial charge in [-0.2, -0.15) is 0 Å². The molecule has 0 bridgehead atoms. The van der Waals surface area contributed by atoms with Crippen LogP contribution in [0.4, 0.5) is 10.5 Å². The number of carbonyl (C=O) groups is 2. The molecule has 1 aromatic heterocycles. The highest BCUT2D eigenvalue weighted by atomic mass is 16.5. The number of esters is 1. The fourth-order valence-corrected chi connectivity index (χ4v) is 4.64. The molecular weight excluding hydrogens is 428 g/mol. The minimum atomic E-state index is -0.299. The Hall–Kier alpha value is -3.61. The predicted octanol–water partition coefficient (Wildman–Crippen LogP) is 4.61. The molecule has 7 nitrogen and oxygen atoms in total. The first-order chi connectivity index (χ1) is 16.5. The Morgan fingerprint density at radius 2 is 1.88 bits per heavy atom. The maximum Gasteiger partial charge on any atom is 0.315 e. The lowest BCUT2D eigenvalue weighted by Crippen LogP contribution is -2.38. The van der Waals surface area contributed by atoms with Crippen LogP contribution in [0.15, 0.2) is 54.7 Å². The number of nitrogens with zero attached hydrogens (tertiary/aromatic N) is 2. The molecule has 0 spiro atoms. The molecule has 2 amide bonds. The highest BCUT2D eigenvalue weighted by Crippen LogP contribution is 2.40. The number of pyridine rings is 1. The molecule has 0 radical (unpaired) electrons. The van der Waals surface area contributed by atoms with Gasteiger partial charge >= 0.3 is 12.0 Å². The highest BCUT2D eigenvalue weighted by molar-refractivity contribution is 5.85. The van der Waals surface area contributed by atoms with Gasteiger partial charge in [-0.3, -0.25) is 9.78 Å². The van der Waals surface area contributed by atoms with Gasteiger partial charge in [0.25, 0.3) is 0 Å². The maximum atomic E-state index is 12.7. The van der Waals surface area contributed by atoms with Crippen molar-refractivity contribution in [1.82, 2.24) is 15.6 Å². The Morgan fingerprint density at radius 1 is 1.09 bits per heavy atom. The Labute approximate surface area is 200 Å². The van der Waals surface area contributed by atoms with E-state index >= 15 is 0 Å². The Bertz CT molecular complexity index is 1170. The zero-order chi connectivity index (χ0) is 24.1. The largest absolute Gasteiger partial charge is 0.426 e. The summed E-state index contributed by atoms with van der Waals surface area (Å²) in [6, 6.07) is 15.7. The number of urea groups is 1. The zero-order valence-corrected chi connectivity index (χ0v) is 20.0. The van der Waals surface area contributed by atoms with Crippen LogP contribution in [-0.2, 0) is 11.3 Å². The molecular formula is C27H32N4O3. The number of ether oxygens (including phenoxy) is 1. The van der Waals surface area contributed by atoms with Gasteiger partial charge in [0.05, 0.1) is 18.2 Å². The fraction of sp³-hybridized carbons (Fsp3) is 0.370. The Kier molecular flexibility index (Phi) is 7.30. The molecule has 34 heavy (non-hydrogen) atoms. The standard InChI is InChI=1S/C27H32N4O3/c1-4-31(5-2)20-10-11-21-18(3)22(26(32)34-25(21)16-20)13-15-29-27(33)30-17-24-23-9-7-6-8-19(23)12-14-28-24/h6-12,14,16,18,22H,4-5,13,15,17H2,1-3H3,(H2,29,30,33). The second-order valence-electron chi connectivity index (χ2n) is 8.59. The number of nitrogens with one attached hydrogen (secondary N) is 2. The summed E-state index contributed by atoms with van der Waals surface area (Å²) >= 11 is 0. The van der Waals surface area contributed by atoms with Crippen LogP contribution < -0.4 is 20.3 Å². The van der Waals surface area contributed by atoms with Crippen molar-refractivity contribution in [2.45, 2.75) is 39.7 Å². The number of hydrogen-bond donors (Lipinski definition) is 2. The molecule has 0 fully saturated rings. The monoisotopic (exact) mass is 460 g/mol. The molecule has 4 rings (SSSR count). The molecule has 0 aliphatic carbocycles. The van der Waals surface area contributed by atoms with Crippen LogP contribution in [0, 0.1) is 5.92 Å². The van der Waals surface area contributed by atoms with Crippen molar-refractivity contribution >= 4 is 28.5 Å². The molecule has 2 heterocycles. The van der Waals surface area contributed by atoms with E-state index in [4.69, 9.17) is 4.74 Å². The van der Waals surface area contributed by atoms with Crippen molar-refractivity contribution in [2.24, 2.45) is 5.92 Å². The van der Waals surface area contributed by atoms with E-state index in [2.05, 4.69) is 46.5 Å². The van der Waals surface area contributed by atoms with Gasteiger partial charge in [0.2, 0.25) is 0 Å². The van der Waals surface area contributed by atoms with E-state index < -0.39 is 0 Å². The number of aromatic nitrogens is 1. The SMILES string of the molecule is CCN(CC)c1ccc2c(c1)OC(=O)C(CCNC(=O)NCc1nccc3ccccc13)C2C. The van der Waals surface area contributed by atoms with Crippen molar-refractivity contribution in [3.63, 3.8) is 0 Å². The van der Waals surface area contributed by atoms with Gasteiger partial charge in [0.15, 0.2) is 0 Å². The summed E-state index contributed by atoms with van der Waals surface area (Å²) in [5.41, 5.74) is 2.91. The molecule has 2 aromatic carbocycles. The fourth-order valence-electron chi connectivity index (χ4n) is 4.64. The van der Waals surface area contributed by atoms with Crippen molar-refractivity contribution < 1.29 is 14.3 Å². The summed E-state index contributed by atoms with van der Waals surface area (Å²) in [5, 5.41) is 7.83. The third-order valence-corrected chi connectivity index (χ3v) is 6.65. The molecule has 0 saturated carbocycles. The van der Waals surface area contributed by atoms with E-state index in [9.17, 15) is 9.59 Å². The third-order valence-electron chi connectivity index (χ3n) is 6.65. The number of hydrogen-bond acceptors (Lipinski definition) is 5. The smallest absolute Gasteiger partial charge is 0.315 e. The minimum absolute atomic E-state index is 0.0201. The van der Waals surface area contributed by atoms with Crippen molar-refractivity contribution in [1.29, 1.82) is 0 Å². The first kappa shape index (κ1) is 23.5. The summed E-state index contributed by atoms with van der Waals surface area (Å²) in [5.74, 6) is 0.129. The van der Waals surface area contributed by atoms with Crippen LogP contribution in [-0.4, -0.2) is 36.6 Å². The highest BCUT2D eigenvalue weighted by Gasteiger charge is 2.35. The molecule has 2 N–H and O–H groups in total. The van der Waals surface area contributed by atoms with E-state index in [0.717, 1.165) is 40.8 Å². The Morgan fingerprint density at radius 3 is 2.68 bits per heavy atom. The van der Waals surface area contributed by atoms with E-state index in [1.165, 1.54) is 0 Å². The topological polar surface area (TPSA) is 83.6 Å². The quantitative estimate of drug-likeness (QED) is 0.379. The first-order valence-electron chi connectivity index (χ1n) is 12.0. The summed E-state index contributed by atoms with van der Waals surface area (Å²) < 4.78 is 5.70. The van der Waals surface area contributed by atoms with E-state index in [1.807, 2.05) is 43.3 Å². The minimum Gasteiger partial charge on any atom is -0.426 e. The van der Waals surface area contributed by atoms with E-state index in [1.54, 1.807) is 6.20 Å². The van der Waals surface area contributed by atoms with Crippen molar-refractivity contribution in [3.05, 3.63) is 66.0 Å². The summed E-state index contributed by atoms with van der Waals surface area (Å²) in [6.45, 7) is 8.76. The van der Waals surface area contributed by atoms with Gasteiger partial charge in [-0.05, 0) is 49.3 Å². The van der Waals surface area contributed by atoms with Crippen molar-refractivity contribution in [2.75, 3.05) is 24.5 Å². The van der Waals surface area contributed by atoms with Gasteiger partial charge in [-0.1, -0.05) is 37.3 Å². The second kappa shape index (κ2) is 10.5. The number of rotatable bonds is 8. The van der Waals surface area contributed by atoms with Crippen LogP contribution in [0.5, 0.6) is 5.75 Å². The molecule has 7 heteroatoms. The lowest BCUT2D eigenvalue weighted by molar-refractivity contribution is -0.141. The molecule has 1 aliphatic rings. The average molecular weight is 461 g/mol. The maximum absolute atomic E-state index is 12.7. The lowest BCUT2D eigenvalue weighted by Gasteiger charge is -2.31. The number of amides is 2. The number of benzene rings is 2.